The number of hydrogen-bond acceptors (Lipinski definition) is 7. The SMILES string of the molecule is COc1cc(NC2=C(c3ccc(OC(C)C)cc3)C(=O)N(C(C)C)C2=O)cc(OC)c1OC. The number of rotatable bonds is 9. The maximum atomic E-state index is 13.3. The van der Waals surface area contributed by atoms with Crippen molar-refractivity contribution >= 4 is 23.1 Å². The molecule has 1 N–H and O–H groups in total. The van der Waals surface area contributed by atoms with Crippen LogP contribution >= 0.6 is 0 Å². The average Bonchev–Trinajstić information content (AvgIpc) is 3.02. The Hall–Kier alpha value is -3.68. The summed E-state index contributed by atoms with van der Waals surface area (Å²) >= 11 is 0. The van der Waals surface area contributed by atoms with Crippen molar-refractivity contribution in [1.82, 2.24) is 4.90 Å². The molecule has 0 radical (unpaired) electrons. The number of amides is 2. The van der Waals surface area contributed by atoms with E-state index in [0.29, 0.717) is 39.8 Å². The number of hydrogen-bond donors (Lipinski definition) is 1. The van der Waals surface area contributed by atoms with Gasteiger partial charge in [0.1, 0.15) is 11.4 Å². The summed E-state index contributed by atoms with van der Waals surface area (Å²) in [5, 5.41) is 3.12. The minimum atomic E-state index is -0.402. The maximum Gasteiger partial charge on any atom is 0.278 e. The number of nitrogens with one attached hydrogen (secondary N) is 1. The first-order chi connectivity index (χ1) is 15.7. The van der Waals surface area contributed by atoms with E-state index in [4.69, 9.17) is 18.9 Å². The van der Waals surface area contributed by atoms with Gasteiger partial charge >= 0.3 is 0 Å². The molecule has 3 rings (SSSR count). The zero-order valence-electron chi connectivity index (χ0n) is 20.0. The van der Waals surface area contributed by atoms with Crippen molar-refractivity contribution in [2.75, 3.05) is 26.6 Å². The Morgan fingerprint density at radius 2 is 1.39 bits per heavy atom. The Labute approximate surface area is 194 Å². The molecule has 0 atom stereocenters. The lowest BCUT2D eigenvalue weighted by Gasteiger charge is -2.19. The Kier molecular flexibility index (Phi) is 7.16. The van der Waals surface area contributed by atoms with Crippen LogP contribution in [-0.4, -0.2) is 50.2 Å². The molecule has 2 aromatic rings. The number of carbonyl (C=O) groups excluding carboxylic acids is 2. The Bertz CT molecular complexity index is 1050. The lowest BCUT2D eigenvalue weighted by atomic mass is 10.0. The van der Waals surface area contributed by atoms with Crippen LogP contribution in [0.3, 0.4) is 0 Å². The quantitative estimate of drug-likeness (QED) is 0.571. The molecule has 0 saturated carbocycles. The topological polar surface area (TPSA) is 86.3 Å². The van der Waals surface area contributed by atoms with Crippen LogP contribution in [0.25, 0.3) is 5.57 Å². The van der Waals surface area contributed by atoms with Crippen molar-refractivity contribution in [2.24, 2.45) is 0 Å². The molecule has 0 bridgehead atoms. The van der Waals surface area contributed by atoms with E-state index in [0.717, 1.165) is 0 Å². The third kappa shape index (κ3) is 4.74. The molecule has 0 saturated heterocycles. The fourth-order valence-corrected chi connectivity index (χ4v) is 3.67. The van der Waals surface area contributed by atoms with E-state index >= 15 is 0 Å². The standard InChI is InChI=1S/C25H30N2O6/c1-14(2)27-24(28)21(16-8-10-18(11-9-16)33-15(3)4)22(25(27)29)26-17-12-19(30-5)23(32-7)20(13-17)31-6/h8-15,26H,1-7H3. The van der Waals surface area contributed by atoms with E-state index in [9.17, 15) is 9.59 Å². The largest absolute Gasteiger partial charge is 0.493 e. The number of imide groups is 1. The molecule has 0 fully saturated rings. The Balaban J connectivity index is 2.09. The van der Waals surface area contributed by atoms with Gasteiger partial charge < -0.3 is 24.3 Å². The highest BCUT2D eigenvalue weighted by Crippen LogP contribution is 2.41. The molecule has 2 amide bonds. The van der Waals surface area contributed by atoms with Crippen LogP contribution in [0.2, 0.25) is 0 Å². The third-order valence-corrected chi connectivity index (χ3v) is 5.08. The van der Waals surface area contributed by atoms with Crippen LogP contribution < -0.4 is 24.3 Å². The summed E-state index contributed by atoms with van der Waals surface area (Å²) in [6.45, 7) is 7.48. The molecule has 1 aliphatic rings. The smallest absolute Gasteiger partial charge is 0.278 e. The molecule has 1 heterocycles. The van der Waals surface area contributed by atoms with Crippen LogP contribution in [0, 0.1) is 0 Å². The summed E-state index contributed by atoms with van der Waals surface area (Å²) in [5.74, 6) is 1.20. The summed E-state index contributed by atoms with van der Waals surface area (Å²) in [5.41, 5.74) is 1.60. The second-order valence-corrected chi connectivity index (χ2v) is 8.05. The number of methoxy groups -OCH3 is 3. The van der Waals surface area contributed by atoms with Gasteiger partial charge in [-0.1, -0.05) is 12.1 Å². The minimum Gasteiger partial charge on any atom is -0.493 e. The number of ether oxygens (including phenoxy) is 4. The molecule has 1 aliphatic heterocycles. The lowest BCUT2D eigenvalue weighted by Crippen LogP contribution is -2.38. The monoisotopic (exact) mass is 454 g/mol. The summed E-state index contributed by atoms with van der Waals surface area (Å²) < 4.78 is 21.9. The molecular formula is C25H30N2O6. The van der Waals surface area contributed by atoms with E-state index in [1.54, 1.807) is 50.2 Å². The van der Waals surface area contributed by atoms with E-state index in [1.165, 1.54) is 26.2 Å². The number of carbonyl (C=O) groups is 2. The number of benzene rings is 2. The van der Waals surface area contributed by atoms with E-state index in [-0.39, 0.29) is 23.8 Å². The van der Waals surface area contributed by atoms with Gasteiger partial charge in [0.05, 0.1) is 33.0 Å². The molecule has 8 nitrogen and oxygen atoms in total. The molecule has 2 aromatic carbocycles. The Morgan fingerprint density at radius 1 is 0.818 bits per heavy atom. The first-order valence-electron chi connectivity index (χ1n) is 10.7. The predicted molar refractivity (Wildman–Crippen MR) is 126 cm³/mol. The van der Waals surface area contributed by atoms with Gasteiger partial charge in [-0.3, -0.25) is 14.5 Å². The van der Waals surface area contributed by atoms with Gasteiger partial charge in [0, 0.05) is 23.9 Å². The average molecular weight is 455 g/mol. The van der Waals surface area contributed by atoms with Gasteiger partial charge in [-0.25, -0.2) is 0 Å². The normalized spacial score (nSPS) is 13.8. The summed E-state index contributed by atoms with van der Waals surface area (Å²) in [6, 6.07) is 10.2. The van der Waals surface area contributed by atoms with Crippen molar-refractivity contribution in [3.8, 4) is 23.0 Å². The zero-order chi connectivity index (χ0) is 24.3. The Morgan fingerprint density at radius 3 is 1.85 bits per heavy atom. The minimum absolute atomic E-state index is 0.0263. The van der Waals surface area contributed by atoms with Gasteiger partial charge in [0.25, 0.3) is 11.8 Å². The van der Waals surface area contributed by atoms with Crippen molar-refractivity contribution in [1.29, 1.82) is 0 Å². The molecule has 0 aromatic heterocycles. The molecule has 8 heteroatoms. The van der Waals surface area contributed by atoms with Gasteiger partial charge in [-0.05, 0) is 45.4 Å². The van der Waals surface area contributed by atoms with Crippen LogP contribution in [0.15, 0.2) is 42.1 Å². The first-order valence-corrected chi connectivity index (χ1v) is 10.7. The second-order valence-electron chi connectivity index (χ2n) is 8.05. The zero-order valence-corrected chi connectivity index (χ0v) is 20.0. The van der Waals surface area contributed by atoms with Gasteiger partial charge in [-0.15, -0.1) is 0 Å². The fraction of sp³-hybridized carbons (Fsp3) is 0.360. The molecule has 33 heavy (non-hydrogen) atoms. The summed E-state index contributed by atoms with van der Waals surface area (Å²) in [4.78, 5) is 27.8. The first kappa shape index (κ1) is 24.0. The molecule has 0 aliphatic carbocycles. The number of nitrogens with zero attached hydrogens (tertiary/aromatic N) is 1. The van der Waals surface area contributed by atoms with Crippen LogP contribution in [-0.2, 0) is 9.59 Å². The van der Waals surface area contributed by atoms with Crippen molar-refractivity contribution in [2.45, 2.75) is 39.8 Å². The predicted octanol–water partition coefficient (Wildman–Crippen LogP) is 4.10. The second kappa shape index (κ2) is 9.85. The van der Waals surface area contributed by atoms with E-state index in [2.05, 4.69) is 5.32 Å². The molecule has 176 valence electrons. The van der Waals surface area contributed by atoms with Crippen molar-refractivity contribution in [3.63, 3.8) is 0 Å². The summed E-state index contributed by atoms with van der Waals surface area (Å²) in [7, 11) is 4.54. The third-order valence-electron chi connectivity index (χ3n) is 5.08. The van der Waals surface area contributed by atoms with Gasteiger partial charge in [0.15, 0.2) is 11.5 Å². The number of anilines is 1. The van der Waals surface area contributed by atoms with E-state index in [1.807, 2.05) is 13.8 Å². The molecule has 0 unspecified atom stereocenters. The van der Waals surface area contributed by atoms with Crippen molar-refractivity contribution in [3.05, 3.63) is 47.7 Å². The fourth-order valence-electron chi connectivity index (χ4n) is 3.67. The molecule has 0 spiro atoms. The molecular weight excluding hydrogens is 424 g/mol. The maximum absolute atomic E-state index is 13.3. The summed E-state index contributed by atoms with van der Waals surface area (Å²) in [6.07, 6.45) is 0.0263. The van der Waals surface area contributed by atoms with Crippen LogP contribution in [0.4, 0.5) is 5.69 Å². The highest BCUT2D eigenvalue weighted by atomic mass is 16.5. The highest BCUT2D eigenvalue weighted by Gasteiger charge is 2.40. The van der Waals surface area contributed by atoms with E-state index < -0.39 is 5.91 Å². The van der Waals surface area contributed by atoms with Crippen LogP contribution in [0.1, 0.15) is 33.3 Å². The van der Waals surface area contributed by atoms with Crippen molar-refractivity contribution < 1.29 is 28.5 Å². The lowest BCUT2D eigenvalue weighted by molar-refractivity contribution is -0.138. The van der Waals surface area contributed by atoms with Gasteiger partial charge in [0.2, 0.25) is 5.75 Å². The highest BCUT2D eigenvalue weighted by molar-refractivity contribution is 6.36. The van der Waals surface area contributed by atoms with Crippen LogP contribution in [0.5, 0.6) is 23.0 Å². The van der Waals surface area contributed by atoms with Gasteiger partial charge in [-0.2, -0.15) is 0 Å².